The molecular weight excluding hydrogens is 332 g/mol. The summed E-state index contributed by atoms with van der Waals surface area (Å²) in [7, 11) is 1.73. The molecule has 0 spiro atoms. The van der Waals surface area contributed by atoms with Gasteiger partial charge in [-0.25, -0.2) is 0 Å². The molecule has 5 nitrogen and oxygen atoms in total. The molecule has 6 heteroatoms. The Hall–Kier alpha value is -2.31. The van der Waals surface area contributed by atoms with E-state index in [1.807, 2.05) is 12.1 Å². The van der Waals surface area contributed by atoms with Crippen LogP contribution in [0.2, 0.25) is 0 Å². The maximum Gasteiger partial charge on any atom is 0.142 e. The van der Waals surface area contributed by atoms with Crippen molar-refractivity contribution in [1.82, 2.24) is 15.1 Å². The Bertz CT molecular complexity index is 806. The normalized spacial score (nSPS) is 15.5. The van der Waals surface area contributed by atoms with Crippen LogP contribution >= 0.6 is 11.3 Å². The maximum atomic E-state index is 5.49. The van der Waals surface area contributed by atoms with Gasteiger partial charge in [-0.05, 0) is 29.6 Å². The summed E-state index contributed by atoms with van der Waals surface area (Å²) in [5, 5.41) is 9.71. The smallest absolute Gasteiger partial charge is 0.142 e. The van der Waals surface area contributed by atoms with E-state index in [4.69, 9.17) is 4.74 Å². The molecule has 4 rings (SSSR count). The summed E-state index contributed by atoms with van der Waals surface area (Å²) in [4.78, 5) is 6.08. The van der Waals surface area contributed by atoms with Crippen LogP contribution < -0.4 is 9.64 Å². The lowest BCUT2D eigenvalue weighted by molar-refractivity contribution is 0.246. The zero-order chi connectivity index (χ0) is 17.1. The van der Waals surface area contributed by atoms with Crippen molar-refractivity contribution in [2.24, 2.45) is 0 Å². The SMILES string of the molecule is COc1ccccc1N1CCN(Cc2cc(-c3cccs3)n[nH]2)CC1. The molecule has 0 amide bonds. The summed E-state index contributed by atoms with van der Waals surface area (Å²) in [6, 6.07) is 14.6. The van der Waals surface area contributed by atoms with E-state index in [1.165, 1.54) is 16.3 Å². The minimum Gasteiger partial charge on any atom is -0.495 e. The fraction of sp³-hybridized carbons (Fsp3) is 0.316. The Morgan fingerprint density at radius 1 is 1.12 bits per heavy atom. The standard InChI is InChI=1S/C19H22N4OS/c1-24-18-6-3-2-5-17(18)23-10-8-22(9-11-23)14-15-13-16(21-20-15)19-7-4-12-25-19/h2-7,12-13H,8-11,14H2,1H3,(H,20,21). The Labute approximate surface area is 151 Å². The van der Waals surface area contributed by atoms with Crippen LogP contribution in [-0.4, -0.2) is 48.4 Å². The predicted molar refractivity (Wildman–Crippen MR) is 102 cm³/mol. The Morgan fingerprint density at radius 3 is 2.72 bits per heavy atom. The monoisotopic (exact) mass is 354 g/mol. The Balaban J connectivity index is 1.36. The van der Waals surface area contributed by atoms with Gasteiger partial charge in [-0.2, -0.15) is 5.10 Å². The van der Waals surface area contributed by atoms with Gasteiger partial charge in [0.25, 0.3) is 0 Å². The number of benzene rings is 1. The average Bonchev–Trinajstić information content (AvgIpc) is 3.34. The van der Waals surface area contributed by atoms with Crippen molar-refractivity contribution in [2.45, 2.75) is 6.54 Å². The summed E-state index contributed by atoms with van der Waals surface area (Å²) in [5.41, 5.74) is 3.40. The summed E-state index contributed by atoms with van der Waals surface area (Å²) in [6.07, 6.45) is 0. The van der Waals surface area contributed by atoms with E-state index >= 15 is 0 Å². The van der Waals surface area contributed by atoms with Crippen molar-refractivity contribution in [3.63, 3.8) is 0 Å². The molecule has 1 aliphatic rings. The van der Waals surface area contributed by atoms with Gasteiger partial charge in [0.05, 0.1) is 17.7 Å². The van der Waals surface area contributed by atoms with Crippen LogP contribution in [-0.2, 0) is 6.54 Å². The molecule has 0 bridgehead atoms. The molecule has 1 aliphatic heterocycles. The van der Waals surface area contributed by atoms with Crippen molar-refractivity contribution in [3.8, 4) is 16.3 Å². The zero-order valence-corrected chi connectivity index (χ0v) is 15.1. The number of nitrogens with one attached hydrogen (secondary N) is 1. The molecule has 3 aromatic rings. The molecule has 0 aliphatic carbocycles. The van der Waals surface area contributed by atoms with Crippen molar-refractivity contribution >= 4 is 17.0 Å². The molecule has 0 unspecified atom stereocenters. The second kappa shape index (κ2) is 7.29. The first-order valence-electron chi connectivity index (χ1n) is 8.52. The first-order valence-corrected chi connectivity index (χ1v) is 9.40. The van der Waals surface area contributed by atoms with E-state index < -0.39 is 0 Å². The van der Waals surface area contributed by atoms with Gasteiger partial charge in [0, 0.05) is 38.4 Å². The van der Waals surface area contributed by atoms with Gasteiger partial charge in [-0.15, -0.1) is 11.3 Å². The molecule has 25 heavy (non-hydrogen) atoms. The fourth-order valence-corrected chi connectivity index (χ4v) is 3.96. The topological polar surface area (TPSA) is 44.4 Å². The van der Waals surface area contributed by atoms with Crippen molar-refractivity contribution in [2.75, 3.05) is 38.2 Å². The maximum absolute atomic E-state index is 5.49. The number of rotatable bonds is 5. The number of nitrogens with zero attached hydrogens (tertiary/aromatic N) is 3. The number of methoxy groups -OCH3 is 1. The van der Waals surface area contributed by atoms with Crippen LogP contribution in [0.1, 0.15) is 5.69 Å². The highest BCUT2D eigenvalue weighted by atomic mass is 32.1. The summed E-state index contributed by atoms with van der Waals surface area (Å²) in [6.45, 7) is 4.99. The number of aromatic amines is 1. The van der Waals surface area contributed by atoms with Crippen LogP contribution in [0.3, 0.4) is 0 Å². The number of para-hydroxylation sites is 2. The molecular formula is C19H22N4OS. The Morgan fingerprint density at radius 2 is 1.96 bits per heavy atom. The molecule has 0 radical (unpaired) electrons. The molecule has 0 saturated carbocycles. The molecule has 130 valence electrons. The van der Waals surface area contributed by atoms with Crippen LogP contribution in [0.15, 0.2) is 47.8 Å². The largest absolute Gasteiger partial charge is 0.495 e. The van der Waals surface area contributed by atoms with E-state index in [2.05, 4.69) is 55.7 Å². The predicted octanol–water partition coefficient (Wildman–Crippen LogP) is 3.47. The summed E-state index contributed by atoms with van der Waals surface area (Å²) >= 11 is 1.72. The van der Waals surface area contributed by atoms with Gasteiger partial charge in [0.2, 0.25) is 0 Å². The third-order valence-corrected chi connectivity index (χ3v) is 5.49. The highest BCUT2D eigenvalue weighted by Gasteiger charge is 2.20. The molecule has 0 atom stereocenters. The highest BCUT2D eigenvalue weighted by Crippen LogP contribution is 2.28. The van der Waals surface area contributed by atoms with E-state index in [1.54, 1.807) is 18.4 Å². The minimum atomic E-state index is 0.915. The van der Waals surface area contributed by atoms with Gasteiger partial charge in [-0.3, -0.25) is 10.00 Å². The third kappa shape index (κ3) is 3.55. The average molecular weight is 354 g/mol. The van der Waals surface area contributed by atoms with E-state index in [0.717, 1.165) is 44.2 Å². The zero-order valence-electron chi connectivity index (χ0n) is 14.3. The number of anilines is 1. The van der Waals surface area contributed by atoms with Gasteiger partial charge < -0.3 is 9.64 Å². The lowest BCUT2D eigenvalue weighted by atomic mass is 10.2. The van der Waals surface area contributed by atoms with Gasteiger partial charge >= 0.3 is 0 Å². The van der Waals surface area contributed by atoms with Crippen molar-refractivity contribution in [3.05, 3.63) is 53.5 Å². The number of aromatic nitrogens is 2. The van der Waals surface area contributed by atoms with Crippen LogP contribution in [0.4, 0.5) is 5.69 Å². The first-order chi connectivity index (χ1) is 12.3. The third-order valence-electron chi connectivity index (χ3n) is 4.60. The molecule has 2 aromatic heterocycles. The lowest BCUT2D eigenvalue weighted by Crippen LogP contribution is -2.46. The molecule has 1 saturated heterocycles. The number of hydrogen-bond donors (Lipinski definition) is 1. The highest BCUT2D eigenvalue weighted by molar-refractivity contribution is 7.13. The van der Waals surface area contributed by atoms with Gasteiger partial charge in [0.15, 0.2) is 0 Å². The van der Waals surface area contributed by atoms with Crippen molar-refractivity contribution in [1.29, 1.82) is 0 Å². The van der Waals surface area contributed by atoms with E-state index in [-0.39, 0.29) is 0 Å². The number of hydrogen-bond acceptors (Lipinski definition) is 5. The van der Waals surface area contributed by atoms with Gasteiger partial charge in [0.1, 0.15) is 11.4 Å². The van der Waals surface area contributed by atoms with Gasteiger partial charge in [-0.1, -0.05) is 18.2 Å². The fourth-order valence-electron chi connectivity index (χ4n) is 3.27. The molecule has 3 heterocycles. The first kappa shape index (κ1) is 16.2. The molecule has 1 aromatic carbocycles. The molecule has 1 fully saturated rings. The molecule has 1 N–H and O–H groups in total. The number of H-pyrrole nitrogens is 1. The quantitative estimate of drug-likeness (QED) is 0.762. The van der Waals surface area contributed by atoms with E-state index in [0.29, 0.717) is 0 Å². The van der Waals surface area contributed by atoms with Crippen LogP contribution in [0.5, 0.6) is 5.75 Å². The van der Waals surface area contributed by atoms with Crippen LogP contribution in [0.25, 0.3) is 10.6 Å². The second-order valence-corrected chi connectivity index (χ2v) is 7.14. The Kier molecular flexibility index (Phi) is 4.72. The lowest BCUT2D eigenvalue weighted by Gasteiger charge is -2.36. The second-order valence-electron chi connectivity index (χ2n) is 6.19. The minimum absolute atomic E-state index is 0.915. The number of thiophene rings is 1. The van der Waals surface area contributed by atoms with Crippen LogP contribution in [0, 0.1) is 0 Å². The van der Waals surface area contributed by atoms with E-state index in [9.17, 15) is 0 Å². The summed E-state index contributed by atoms with van der Waals surface area (Å²) < 4.78 is 5.49. The number of ether oxygens (including phenoxy) is 1. The van der Waals surface area contributed by atoms with Crippen molar-refractivity contribution < 1.29 is 4.74 Å². The summed E-state index contributed by atoms with van der Waals surface area (Å²) in [5.74, 6) is 0.949. The number of piperazine rings is 1.